The zero-order valence-electron chi connectivity index (χ0n) is 10.8. The fraction of sp³-hybridized carbons (Fsp3) is 0.455. The summed E-state index contributed by atoms with van der Waals surface area (Å²) in [6.45, 7) is 3.23. The summed E-state index contributed by atoms with van der Waals surface area (Å²) >= 11 is 5.68. The molecule has 0 amide bonds. The number of nitro benzene ring substituents is 1. The van der Waals surface area contributed by atoms with Gasteiger partial charge in [0.2, 0.25) is 9.05 Å². The molecule has 0 aliphatic rings. The van der Waals surface area contributed by atoms with Crippen molar-refractivity contribution < 1.29 is 18.1 Å². The fourth-order valence-electron chi connectivity index (χ4n) is 1.54. The summed E-state index contributed by atoms with van der Waals surface area (Å²) in [4.78, 5) is 10.3. The normalized spacial score (nSPS) is 12.2. The molecule has 0 bridgehead atoms. The van der Waals surface area contributed by atoms with Crippen molar-refractivity contribution in [1.29, 1.82) is 0 Å². The first-order valence-corrected chi connectivity index (χ1v) is 8.35. The van der Waals surface area contributed by atoms with Crippen LogP contribution in [0.25, 0.3) is 0 Å². The second-order valence-corrected chi connectivity index (χ2v) is 8.22. The number of ether oxygens (including phenoxy) is 1. The average Bonchev–Trinajstić information content (AvgIpc) is 2.23. The van der Waals surface area contributed by atoms with Crippen LogP contribution >= 0.6 is 22.3 Å². The van der Waals surface area contributed by atoms with Crippen molar-refractivity contribution in [2.24, 2.45) is 5.41 Å². The second kappa shape index (κ2) is 6.15. The Morgan fingerprint density at radius 1 is 1.40 bits per heavy atom. The Kier molecular flexibility index (Phi) is 5.23. The molecule has 0 aliphatic heterocycles. The monoisotopic (exact) mass is 341 g/mol. The third kappa shape index (κ3) is 5.52. The fourth-order valence-corrected chi connectivity index (χ4v) is 3.61. The van der Waals surface area contributed by atoms with Gasteiger partial charge in [-0.15, -0.1) is 0 Å². The number of rotatable bonds is 6. The Morgan fingerprint density at radius 2 is 2.00 bits per heavy atom. The van der Waals surface area contributed by atoms with Gasteiger partial charge < -0.3 is 4.74 Å². The SMILES string of the molecule is CC(C)(COc1ccc(Cl)cc1[N+](=O)[O-])CS(=O)(=O)Cl. The second-order valence-electron chi connectivity index (χ2n) is 5.01. The average molecular weight is 342 g/mol. The van der Waals surface area contributed by atoms with Crippen molar-refractivity contribution in [3.8, 4) is 5.75 Å². The summed E-state index contributed by atoms with van der Waals surface area (Å²) in [5, 5.41) is 11.1. The third-order valence-corrected chi connectivity index (χ3v) is 3.99. The van der Waals surface area contributed by atoms with Gasteiger partial charge in [0.25, 0.3) is 0 Å². The highest BCUT2D eigenvalue weighted by Gasteiger charge is 2.27. The predicted molar refractivity (Wildman–Crippen MR) is 77.0 cm³/mol. The highest BCUT2D eigenvalue weighted by molar-refractivity contribution is 8.13. The van der Waals surface area contributed by atoms with Crippen LogP contribution in [0.1, 0.15) is 13.8 Å². The lowest BCUT2D eigenvalue weighted by atomic mass is 9.98. The van der Waals surface area contributed by atoms with E-state index in [4.69, 9.17) is 27.0 Å². The van der Waals surface area contributed by atoms with E-state index in [-0.39, 0.29) is 28.8 Å². The molecule has 0 fully saturated rings. The third-order valence-electron chi connectivity index (χ3n) is 2.30. The molecule has 1 aromatic rings. The molecule has 0 N–H and O–H groups in total. The lowest BCUT2D eigenvalue weighted by molar-refractivity contribution is -0.385. The van der Waals surface area contributed by atoms with Crippen LogP contribution in [-0.2, 0) is 9.05 Å². The van der Waals surface area contributed by atoms with Crippen molar-refractivity contribution in [1.82, 2.24) is 0 Å². The van der Waals surface area contributed by atoms with Crippen molar-refractivity contribution in [2.45, 2.75) is 13.8 Å². The molecule has 6 nitrogen and oxygen atoms in total. The van der Waals surface area contributed by atoms with Crippen molar-refractivity contribution in [3.63, 3.8) is 0 Å². The van der Waals surface area contributed by atoms with E-state index in [0.29, 0.717) is 0 Å². The molecule has 0 spiro atoms. The maximum absolute atomic E-state index is 11.1. The van der Waals surface area contributed by atoms with Crippen LogP contribution in [0.2, 0.25) is 5.02 Å². The van der Waals surface area contributed by atoms with E-state index >= 15 is 0 Å². The molecular weight excluding hydrogens is 329 g/mol. The maximum Gasteiger partial charge on any atom is 0.312 e. The topological polar surface area (TPSA) is 86.5 Å². The van der Waals surface area contributed by atoms with Crippen molar-refractivity contribution >= 4 is 37.0 Å². The molecule has 1 aromatic carbocycles. The van der Waals surface area contributed by atoms with Gasteiger partial charge in [-0.1, -0.05) is 25.4 Å². The number of hydrogen-bond donors (Lipinski definition) is 0. The lowest BCUT2D eigenvalue weighted by Gasteiger charge is -2.22. The van der Waals surface area contributed by atoms with Crippen LogP contribution < -0.4 is 4.74 Å². The molecule has 0 aliphatic carbocycles. The summed E-state index contributed by atoms with van der Waals surface area (Å²) in [5.74, 6) is -0.275. The van der Waals surface area contributed by atoms with E-state index in [0.717, 1.165) is 0 Å². The van der Waals surface area contributed by atoms with Gasteiger partial charge in [-0.3, -0.25) is 10.1 Å². The molecule has 9 heteroatoms. The predicted octanol–water partition coefficient (Wildman–Crippen LogP) is 3.22. The van der Waals surface area contributed by atoms with E-state index in [1.54, 1.807) is 13.8 Å². The Labute approximate surface area is 126 Å². The van der Waals surface area contributed by atoms with Crippen LogP contribution in [0, 0.1) is 15.5 Å². The quantitative estimate of drug-likeness (QED) is 0.450. The Hall–Kier alpha value is -1.05. The Bertz CT molecular complexity index is 615. The highest BCUT2D eigenvalue weighted by Crippen LogP contribution is 2.31. The standard InChI is InChI=1S/C11H13Cl2NO5S/c1-11(2,7-20(13,17)18)6-19-10-4-3-8(12)5-9(10)14(15)16/h3-5H,6-7H2,1-2H3. The van der Waals surface area contributed by atoms with E-state index in [9.17, 15) is 18.5 Å². The van der Waals surface area contributed by atoms with Gasteiger partial charge >= 0.3 is 5.69 Å². The van der Waals surface area contributed by atoms with Crippen LogP contribution in [0.15, 0.2) is 18.2 Å². The zero-order valence-corrected chi connectivity index (χ0v) is 13.1. The molecule has 1 rings (SSSR count). The molecular formula is C11H13Cl2NO5S. The van der Waals surface area contributed by atoms with Crippen LogP contribution in [0.3, 0.4) is 0 Å². The van der Waals surface area contributed by atoms with Gasteiger partial charge in [-0.25, -0.2) is 8.42 Å². The van der Waals surface area contributed by atoms with E-state index < -0.39 is 19.4 Å². The molecule has 0 heterocycles. The van der Waals surface area contributed by atoms with Gasteiger partial charge in [-0.2, -0.15) is 0 Å². The van der Waals surface area contributed by atoms with Crippen molar-refractivity contribution in [2.75, 3.05) is 12.4 Å². The van der Waals surface area contributed by atoms with Gasteiger partial charge in [0.15, 0.2) is 5.75 Å². The molecule has 20 heavy (non-hydrogen) atoms. The smallest absolute Gasteiger partial charge is 0.312 e. The van der Waals surface area contributed by atoms with E-state index in [1.165, 1.54) is 18.2 Å². The molecule has 0 saturated heterocycles. The first-order valence-electron chi connectivity index (χ1n) is 5.49. The number of nitro groups is 1. The van der Waals surface area contributed by atoms with Crippen molar-refractivity contribution in [3.05, 3.63) is 33.3 Å². The summed E-state index contributed by atoms with van der Waals surface area (Å²) in [6.07, 6.45) is 0. The molecule has 0 radical (unpaired) electrons. The summed E-state index contributed by atoms with van der Waals surface area (Å²) in [7, 11) is 1.51. The molecule has 0 saturated carbocycles. The van der Waals surface area contributed by atoms with Gasteiger partial charge in [-0.05, 0) is 12.1 Å². The minimum Gasteiger partial charge on any atom is -0.486 e. The van der Waals surface area contributed by atoms with E-state index in [1.807, 2.05) is 0 Å². The lowest BCUT2D eigenvalue weighted by Crippen LogP contribution is -2.28. The Balaban J connectivity index is 2.87. The summed E-state index contributed by atoms with van der Waals surface area (Å²) in [5.41, 5.74) is -1.06. The number of nitrogens with zero attached hydrogens (tertiary/aromatic N) is 1. The van der Waals surface area contributed by atoms with Crippen LogP contribution in [0.4, 0.5) is 5.69 Å². The first-order chi connectivity index (χ1) is 9.00. The highest BCUT2D eigenvalue weighted by atomic mass is 35.7. The number of benzene rings is 1. The zero-order chi connectivity index (χ0) is 15.6. The molecule has 0 atom stereocenters. The first kappa shape index (κ1) is 17.0. The van der Waals surface area contributed by atoms with Crippen LogP contribution in [-0.4, -0.2) is 25.7 Å². The number of hydrogen-bond acceptors (Lipinski definition) is 5. The maximum atomic E-state index is 11.1. The molecule has 112 valence electrons. The van der Waals surface area contributed by atoms with E-state index in [2.05, 4.69) is 0 Å². The minimum absolute atomic E-state index is 0.0273. The van der Waals surface area contributed by atoms with Gasteiger partial charge in [0.1, 0.15) is 0 Å². The van der Waals surface area contributed by atoms with Gasteiger partial charge in [0, 0.05) is 27.2 Å². The molecule has 0 aromatic heterocycles. The van der Waals surface area contributed by atoms with Gasteiger partial charge in [0.05, 0.1) is 17.3 Å². The number of halogens is 2. The summed E-state index contributed by atoms with van der Waals surface area (Å²) in [6, 6.07) is 3.99. The Morgan fingerprint density at radius 3 is 2.50 bits per heavy atom. The summed E-state index contributed by atoms with van der Waals surface area (Å²) < 4.78 is 27.5. The largest absolute Gasteiger partial charge is 0.486 e. The minimum atomic E-state index is -3.68. The molecule has 0 unspecified atom stereocenters. The van der Waals surface area contributed by atoms with Crippen LogP contribution in [0.5, 0.6) is 5.75 Å².